The fourth-order valence-electron chi connectivity index (χ4n) is 2.95. The molecule has 6 heteroatoms. The normalized spacial score (nSPS) is 16.3. The number of carbonyl (C=O) groups excluding carboxylic acids is 2. The molecule has 0 bridgehead atoms. The van der Waals surface area contributed by atoms with E-state index in [1.165, 1.54) is 0 Å². The minimum absolute atomic E-state index is 0.0290. The van der Waals surface area contributed by atoms with Gasteiger partial charge in [-0.2, -0.15) is 0 Å². The van der Waals surface area contributed by atoms with Crippen molar-refractivity contribution in [1.29, 1.82) is 0 Å². The topological polar surface area (TPSA) is 84.7 Å². The average molecular weight is 347 g/mol. The highest BCUT2D eigenvalue weighted by Crippen LogP contribution is 2.20. The van der Waals surface area contributed by atoms with Crippen LogP contribution in [0, 0.1) is 0 Å². The molecule has 1 aromatic carbocycles. The molecule has 3 N–H and O–H groups in total. The molecule has 1 aliphatic heterocycles. The van der Waals surface area contributed by atoms with Crippen LogP contribution in [0.25, 0.3) is 0 Å². The van der Waals surface area contributed by atoms with Gasteiger partial charge in [-0.25, -0.2) is 0 Å². The molecular formula is C19H29N3O3. The number of amides is 2. The maximum absolute atomic E-state index is 12.6. The Morgan fingerprint density at radius 1 is 1.12 bits per heavy atom. The molecule has 0 spiro atoms. The van der Waals surface area contributed by atoms with Gasteiger partial charge >= 0.3 is 0 Å². The average Bonchev–Trinajstić information content (AvgIpc) is 2.62. The van der Waals surface area contributed by atoms with E-state index in [1.807, 2.05) is 4.90 Å². The summed E-state index contributed by atoms with van der Waals surface area (Å²) in [5.74, 6) is -0.172. The van der Waals surface area contributed by atoms with Crippen LogP contribution < -0.4 is 11.1 Å². The van der Waals surface area contributed by atoms with Crippen molar-refractivity contribution >= 4 is 17.5 Å². The molecule has 0 aromatic heterocycles. The molecule has 6 nitrogen and oxygen atoms in total. The molecule has 1 saturated heterocycles. The number of nitrogens with zero attached hydrogens (tertiary/aromatic N) is 1. The second-order valence-electron chi connectivity index (χ2n) is 6.59. The molecule has 0 aliphatic carbocycles. The van der Waals surface area contributed by atoms with Gasteiger partial charge in [0.15, 0.2) is 0 Å². The van der Waals surface area contributed by atoms with Crippen LogP contribution in [0.3, 0.4) is 0 Å². The van der Waals surface area contributed by atoms with Gasteiger partial charge in [-0.3, -0.25) is 9.59 Å². The van der Waals surface area contributed by atoms with Gasteiger partial charge in [-0.1, -0.05) is 13.8 Å². The number of hydrogen-bond donors (Lipinski definition) is 2. The molecule has 1 heterocycles. The van der Waals surface area contributed by atoms with Crippen LogP contribution in [0.15, 0.2) is 24.3 Å². The Balaban J connectivity index is 2.01. The van der Waals surface area contributed by atoms with Crippen molar-refractivity contribution in [3.8, 4) is 0 Å². The van der Waals surface area contributed by atoms with E-state index in [9.17, 15) is 9.59 Å². The molecule has 0 unspecified atom stereocenters. The van der Waals surface area contributed by atoms with E-state index in [1.54, 1.807) is 24.3 Å². The van der Waals surface area contributed by atoms with Gasteiger partial charge in [0.05, 0.1) is 0 Å². The van der Waals surface area contributed by atoms with Crippen molar-refractivity contribution in [3.05, 3.63) is 29.8 Å². The Morgan fingerprint density at radius 3 is 2.20 bits per heavy atom. The summed E-state index contributed by atoms with van der Waals surface area (Å²) in [5, 5.41) is 2.85. The lowest BCUT2D eigenvalue weighted by molar-refractivity contribution is -0.124. The van der Waals surface area contributed by atoms with Crippen LogP contribution in [0.2, 0.25) is 0 Å². The Hall–Kier alpha value is -1.92. The van der Waals surface area contributed by atoms with Gasteiger partial charge in [0.25, 0.3) is 5.91 Å². The number of nitrogens with one attached hydrogen (secondary N) is 1. The lowest BCUT2D eigenvalue weighted by Gasteiger charge is -2.31. The number of hydrogen-bond acceptors (Lipinski definition) is 4. The monoisotopic (exact) mass is 347 g/mol. The van der Waals surface area contributed by atoms with Crippen LogP contribution in [-0.4, -0.2) is 48.6 Å². The van der Waals surface area contributed by atoms with Gasteiger partial charge < -0.3 is 20.7 Å². The second kappa shape index (κ2) is 8.97. The fourth-order valence-corrected chi connectivity index (χ4v) is 2.95. The minimum Gasteiger partial charge on any atom is -0.381 e. The summed E-state index contributed by atoms with van der Waals surface area (Å²) in [6.45, 7) is 6.64. The Bertz CT molecular complexity index is 574. The minimum atomic E-state index is -0.883. The standard InChI is InChI=1S/C19H29N3O3/c1-3-11-22(12-4-2)17(23)15-5-7-16(8-6-15)21-18(24)19(20)9-13-25-14-10-19/h5-8H,3-4,9-14,20H2,1-2H3,(H,21,24). The molecule has 1 aliphatic rings. The van der Waals surface area contributed by atoms with Crippen molar-refractivity contribution < 1.29 is 14.3 Å². The highest BCUT2D eigenvalue weighted by atomic mass is 16.5. The zero-order valence-corrected chi connectivity index (χ0v) is 15.2. The quantitative estimate of drug-likeness (QED) is 0.793. The number of ether oxygens (including phenoxy) is 1. The predicted molar refractivity (Wildman–Crippen MR) is 98.5 cm³/mol. The van der Waals surface area contributed by atoms with Crippen molar-refractivity contribution in [2.24, 2.45) is 5.73 Å². The van der Waals surface area contributed by atoms with Gasteiger partial charge in [0.1, 0.15) is 5.54 Å². The van der Waals surface area contributed by atoms with E-state index in [0.717, 1.165) is 25.9 Å². The second-order valence-corrected chi connectivity index (χ2v) is 6.59. The van der Waals surface area contributed by atoms with Gasteiger partial charge in [-0.05, 0) is 49.9 Å². The van der Waals surface area contributed by atoms with Crippen LogP contribution in [-0.2, 0) is 9.53 Å². The van der Waals surface area contributed by atoms with Crippen molar-refractivity contribution in [2.45, 2.75) is 45.1 Å². The number of carbonyl (C=O) groups is 2. The summed E-state index contributed by atoms with van der Waals surface area (Å²) < 4.78 is 5.27. The van der Waals surface area contributed by atoms with E-state index in [-0.39, 0.29) is 11.8 Å². The summed E-state index contributed by atoms with van der Waals surface area (Å²) in [6, 6.07) is 7.01. The Labute approximate surface area is 149 Å². The molecule has 0 atom stereocenters. The first-order valence-electron chi connectivity index (χ1n) is 9.07. The lowest BCUT2D eigenvalue weighted by Crippen LogP contribution is -2.54. The van der Waals surface area contributed by atoms with E-state index in [0.29, 0.717) is 37.3 Å². The lowest BCUT2D eigenvalue weighted by atomic mass is 9.90. The molecule has 2 rings (SSSR count). The molecule has 138 valence electrons. The SMILES string of the molecule is CCCN(CCC)C(=O)c1ccc(NC(=O)C2(N)CCOCC2)cc1. The summed E-state index contributed by atoms with van der Waals surface area (Å²) in [6.07, 6.45) is 2.89. The van der Waals surface area contributed by atoms with E-state index in [4.69, 9.17) is 10.5 Å². The fraction of sp³-hybridized carbons (Fsp3) is 0.579. The third-order valence-electron chi connectivity index (χ3n) is 4.50. The molecule has 1 aromatic rings. The van der Waals surface area contributed by atoms with Crippen LogP contribution in [0.1, 0.15) is 49.9 Å². The summed E-state index contributed by atoms with van der Waals surface area (Å²) in [4.78, 5) is 26.8. The van der Waals surface area contributed by atoms with E-state index < -0.39 is 5.54 Å². The highest BCUT2D eigenvalue weighted by Gasteiger charge is 2.35. The smallest absolute Gasteiger partial charge is 0.253 e. The predicted octanol–water partition coefficient (Wildman–Crippen LogP) is 2.40. The van der Waals surface area contributed by atoms with Gasteiger partial charge in [0.2, 0.25) is 5.91 Å². The molecule has 0 radical (unpaired) electrons. The number of nitrogens with two attached hydrogens (primary N) is 1. The maximum Gasteiger partial charge on any atom is 0.253 e. The summed E-state index contributed by atoms with van der Waals surface area (Å²) in [5.41, 5.74) is 6.58. The largest absolute Gasteiger partial charge is 0.381 e. The van der Waals surface area contributed by atoms with Crippen LogP contribution in [0.5, 0.6) is 0 Å². The van der Waals surface area contributed by atoms with Gasteiger partial charge in [0, 0.05) is 37.6 Å². The van der Waals surface area contributed by atoms with Crippen molar-refractivity contribution in [3.63, 3.8) is 0 Å². The molecule has 25 heavy (non-hydrogen) atoms. The molecule has 0 saturated carbocycles. The zero-order chi connectivity index (χ0) is 18.3. The number of rotatable bonds is 7. The highest BCUT2D eigenvalue weighted by molar-refractivity contribution is 5.99. The third-order valence-corrected chi connectivity index (χ3v) is 4.50. The maximum atomic E-state index is 12.6. The number of benzene rings is 1. The molecular weight excluding hydrogens is 318 g/mol. The summed E-state index contributed by atoms with van der Waals surface area (Å²) in [7, 11) is 0. The van der Waals surface area contributed by atoms with E-state index in [2.05, 4.69) is 19.2 Å². The van der Waals surface area contributed by atoms with E-state index >= 15 is 0 Å². The zero-order valence-electron chi connectivity index (χ0n) is 15.2. The molecule has 1 fully saturated rings. The van der Waals surface area contributed by atoms with Crippen LogP contribution >= 0.6 is 0 Å². The first-order valence-corrected chi connectivity index (χ1v) is 9.07. The van der Waals surface area contributed by atoms with Gasteiger partial charge in [-0.15, -0.1) is 0 Å². The number of anilines is 1. The first kappa shape index (κ1) is 19.4. The Morgan fingerprint density at radius 2 is 1.68 bits per heavy atom. The summed E-state index contributed by atoms with van der Waals surface area (Å²) >= 11 is 0. The Kier molecular flexibility index (Phi) is 6.96. The third kappa shape index (κ3) is 5.03. The molecule has 2 amide bonds. The van der Waals surface area contributed by atoms with Crippen LogP contribution in [0.4, 0.5) is 5.69 Å². The van der Waals surface area contributed by atoms with Crippen molar-refractivity contribution in [1.82, 2.24) is 4.90 Å². The van der Waals surface area contributed by atoms with Crippen molar-refractivity contribution in [2.75, 3.05) is 31.6 Å². The first-order chi connectivity index (χ1) is 12.0.